The van der Waals surface area contributed by atoms with Gasteiger partial charge in [-0.1, -0.05) is 0 Å². The van der Waals surface area contributed by atoms with Gasteiger partial charge in [-0.2, -0.15) is 0 Å². The van der Waals surface area contributed by atoms with Gasteiger partial charge >= 0.3 is 5.97 Å². The number of amides is 1. The van der Waals surface area contributed by atoms with E-state index in [0.29, 0.717) is 23.8 Å². The second kappa shape index (κ2) is 8.75. The van der Waals surface area contributed by atoms with E-state index in [4.69, 9.17) is 14.2 Å². The van der Waals surface area contributed by atoms with Crippen molar-refractivity contribution in [3.8, 4) is 17.2 Å². The maximum atomic E-state index is 12.2. The number of rotatable bonds is 7. The molecule has 1 atom stereocenters. The van der Waals surface area contributed by atoms with Gasteiger partial charge in [0.15, 0.2) is 6.10 Å². The van der Waals surface area contributed by atoms with Gasteiger partial charge in [-0.05, 0) is 56.3 Å². The quantitative estimate of drug-likeness (QED) is 0.738. The minimum atomic E-state index is -1.06. The molecule has 2 aromatic carbocycles. The van der Waals surface area contributed by atoms with E-state index in [1.54, 1.807) is 24.3 Å². The number of esters is 1. The predicted molar refractivity (Wildman–Crippen MR) is 95.8 cm³/mol. The predicted octanol–water partition coefficient (Wildman–Crippen LogP) is 2.98. The van der Waals surface area contributed by atoms with Crippen LogP contribution in [0.1, 0.15) is 24.2 Å². The highest BCUT2D eigenvalue weighted by Gasteiger charge is 2.21. The van der Waals surface area contributed by atoms with Gasteiger partial charge in [0.05, 0.1) is 13.7 Å². The van der Waals surface area contributed by atoms with E-state index in [0.717, 1.165) is 0 Å². The number of phenols is 1. The highest BCUT2D eigenvalue weighted by Crippen LogP contribution is 2.24. The van der Waals surface area contributed by atoms with Gasteiger partial charge in [0, 0.05) is 5.69 Å². The average Bonchev–Trinajstić information content (AvgIpc) is 2.63. The maximum absolute atomic E-state index is 12.2. The zero-order chi connectivity index (χ0) is 19.1. The van der Waals surface area contributed by atoms with Crippen molar-refractivity contribution in [3.05, 3.63) is 48.0 Å². The molecule has 0 saturated carbocycles. The topological polar surface area (TPSA) is 94.1 Å². The summed E-state index contributed by atoms with van der Waals surface area (Å²) in [6, 6.07) is 11.0. The highest BCUT2D eigenvalue weighted by atomic mass is 16.5. The molecule has 0 fully saturated rings. The number of hydrogen-bond acceptors (Lipinski definition) is 6. The molecule has 0 aliphatic heterocycles. The Morgan fingerprint density at radius 3 is 2.38 bits per heavy atom. The van der Waals surface area contributed by atoms with Gasteiger partial charge in [-0.3, -0.25) is 4.79 Å². The van der Waals surface area contributed by atoms with Crippen molar-refractivity contribution in [1.82, 2.24) is 0 Å². The van der Waals surface area contributed by atoms with Crippen molar-refractivity contribution in [3.63, 3.8) is 0 Å². The number of nitrogens with one attached hydrogen (secondary N) is 1. The van der Waals surface area contributed by atoms with E-state index < -0.39 is 18.0 Å². The molecule has 138 valence electrons. The second-order valence-electron chi connectivity index (χ2n) is 5.38. The molecule has 0 aliphatic carbocycles. The Hall–Kier alpha value is -3.22. The number of carbonyl (C=O) groups is 2. The van der Waals surface area contributed by atoms with Gasteiger partial charge in [-0.15, -0.1) is 0 Å². The first-order chi connectivity index (χ1) is 12.4. The Labute approximate surface area is 151 Å². The molecule has 26 heavy (non-hydrogen) atoms. The number of benzene rings is 2. The molecule has 0 spiro atoms. The van der Waals surface area contributed by atoms with Gasteiger partial charge in [0.1, 0.15) is 22.8 Å². The summed E-state index contributed by atoms with van der Waals surface area (Å²) in [4.78, 5) is 24.4. The van der Waals surface area contributed by atoms with Crippen molar-refractivity contribution in [1.29, 1.82) is 0 Å². The van der Waals surface area contributed by atoms with Crippen LogP contribution in [0.15, 0.2) is 42.5 Å². The molecule has 1 unspecified atom stereocenters. The lowest BCUT2D eigenvalue weighted by Crippen LogP contribution is -2.30. The van der Waals surface area contributed by atoms with Crippen molar-refractivity contribution in [2.45, 2.75) is 20.0 Å². The van der Waals surface area contributed by atoms with Crippen LogP contribution in [0.3, 0.4) is 0 Å². The van der Waals surface area contributed by atoms with Crippen LogP contribution in [0, 0.1) is 0 Å². The molecule has 0 heterocycles. The van der Waals surface area contributed by atoms with Crippen LogP contribution in [0.25, 0.3) is 0 Å². The first-order valence-electron chi connectivity index (χ1n) is 8.06. The lowest BCUT2D eigenvalue weighted by Gasteiger charge is -2.14. The Morgan fingerprint density at radius 2 is 1.77 bits per heavy atom. The molecule has 2 rings (SSSR count). The number of hydrogen-bond donors (Lipinski definition) is 2. The summed E-state index contributed by atoms with van der Waals surface area (Å²) < 4.78 is 15.5. The standard InChI is InChI=1S/C19H21NO6/c1-4-25-14-7-5-13(6-8-14)20-18(22)12(2)26-19(23)16-11-15(24-3)9-10-17(16)21/h5-12,21H,4H2,1-3H3,(H,20,22). The summed E-state index contributed by atoms with van der Waals surface area (Å²) in [5, 5.41) is 12.4. The number of phenolic OH excluding ortho intramolecular Hbond substituents is 1. The third-order valence-electron chi connectivity index (χ3n) is 3.51. The van der Waals surface area contributed by atoms with E-state index in [-0.39, 0.29) is 11.3 Å². The third kappa shape index (κ3) is 4.89. The molecule has 0 aliphatic rings. The van der Waals surface area contributed by atoms with E-state index in [1.165, 1.54) is 32.2 Å². The minimum absolute atomic E-state index is 0.0786. The maximum Gasteiger partial charge on any atom is 0.342 e. The summed E-state index contributed by atoms with van der Waals surface area (Å²) in [5.41, 5.74) is 0.468. The van der Waals surface area contributed by atoms with Crippen LogP contribution in [0.2, 0.25) is 0 Å². The highest BCUT2D eigenvalue weighted by molar-refractivity contribution is 5.98. The lowest BCUT2D eigenvalue weighted by molar-refractivity contribution is -0.123. The Morgan fingerprint density at radius 1 is 1.12 bits per heavy atom. The molecule has 0 aromatic heterocycles. The second-order valence-corrected chi connectivity index (χ2v) is 5.38. The minimum Gasteiger partial charge on any atom is -0.507 e. The zero-order valence-corrected chi connectivity index (χ0v) is 14.8. The van der Waals surface area contributed by atoms with Gasteiger partial charge in [-0.25, -0.2) is 4.79 Å². The van der Waals surface area contributed by atoms with Crippen LogP contribution in [-0.4, -0.2) is 36.8 Å². The summed E-state index contributed by atoms with van der Waals surface area (Å²) >= 11 is 0. The Kier molecular flexibility index (Phi) is 6.43. The Bertz CT molecular complexity index is 772. The fourth-order valence-corrected chi connectivity index (χ4v) is 2.13. The molecule has 1 amide bonds. The molecule has 0 bridgehead atoms. The smallest absolute Gasteiger partial charge is 0.342 e. The number of ether oxygens (including phenoxy) is 3. The largest absolute Gasteiger partial charge is 0.507 e. The van der Waals surface area contributed by atoms with Crippen LogP contribution in [-0.2, 0) is 9.53 Å². The summed E-state index contributed by atoms with van der Waals surface area (Å²) in [7, 11) is 1.44. The molecule has 7 heteroatoms. The number of aromatic hydroxyl groups is 1. The van der Waals surface area contributed by atoms with E-state index in [1.807, 2.05) is 6.92 Å². The normalized spacial score (nSPS) is 11.3. The first-order valence-corrected chi connectivity index (χ1v) is 8.06. The average molecular weight is 359 g/mol. The van der Waals surface area contributed by atoms with Gasteiger partial charge in [0.25, 0.3) is 5.91 Å². The first kappa shape index (κ1) is 19.1. The fraction of sp³-hybridized carbons (Fsp3) is 0.263. The van der Waals surface area contributed by atoms with E-state index >= 15 is 0 Å². The Balaban J connectivity index is 1.99. The van der Waals surface area contributed by atoms with Crippen molar-refractivity contribution in [2.24, 2.45) is 0 Å². The molecule has 7 nitrogen and oxygen atoms in total. The van der Waals surface area contributed by atoms with Gasteiger partial charge < -0.3 is 24.6 Å². The molecule has 0 saturated heterocycles. The zero-order valence-electron chi connectivity index (χ0n) is 14.8. The fourth-order valence-electron chi connectivity index (χ4n) is 2.13. The van der Waals surface area contributed by atoms with Crippen molar-refractivity contribution >= 4 is 17.6 Å². The summed E-state index contributed by atoms with van der Waals surface area (Å²) in [6.07, 6.45) is -1.06. The van der Waals surface area contributed by atoms with E-state index in [9.17, 15) is 14.7 Å². The summed E-state index contributed by atoms with van der Waals surface area (Å²) in [5.74, 6) is -0.490. The molecular formula is C19H21NO6. The van der Waals surface area contributed by atoms with Crippen LogP contribution >= 0.6 is 0 Å². The van der Waals surface area contributed by atoms with Crippen molar-refractivity contribution < 1.29 is 28.9 Å². The molecule has 2 aromatic rings. The monoisotopic (exact) mass is 359 g/mol. The molecule has 0 radical (unpaired) electrons. The number of methoxy groups -OCH3 is 1. The SMILES string of the molecule is CCOc1ccc(NC(=O)C(C)OC(=O)c2cc(OC)ccc2O)cc1. The molecule has 2 N–H and O–H groups in total. The summed E-state index contributed by atoms with van der Waals surface area (Å²) in [6.45, 7) is 3.88. The van der Waals surface area contributed by atoms with Crippen LogP contribution in [0.5, 0.6) is 17.2 Å². The number of carbonyl (C=O) groups excluding carboxylic acids is 2. The third-order valence-corrected chi connectivity index (χ3v) is 3.51. The molecular weight excluding hydrogens is 338 g/mol. The van der Waals surface area contributed by atoms with Crippen LogP contribution in [0.4, 0.5) is 5.69 Å². The van der Waals surface area contributed by atoms with Crippen LogP contribution < -0.4 is 14.8 Å². The van der Waals surface area contributed by atoms with Crippen molar-refractivity contribution in [2.75, 3.05) is 19.0 Å². The number of anilines is 1. The lowest BCUT2D eigenvalue weighted by atomic mass is 10.2. The van der Waals surface area contributed by atoms with E-state index in [2.05, 4.69) is 5.32 Å². The van der Waals surface area contributed by atoms with Gasteiger partial charge in [0.2, 0.25) is 0 Å².